The molecule has 0 aromatic heterocycles. The second-order valence-corrected chi connectivity index (χ2v) is 8.64. The van der Waals surface area contributed by atoms with E-state index >= 15 is 0 Å². The van der Waals surface area contributed by atoms with E-state index in [1.165, 1.54) is 17.0 Å². The molecule has 1 aliphatic heterocycles. The lowest BCUT2D eigenvalue weighted by Gasteiger charge is -2.36. The van der Waals surface area contributed by atoms with E-state index in [2.05, 4.69) is 16.8 Å². The summed E-state index contributed by atoms with van der Waals surface area (Å²) in [5.41, 5.74) is 1.73. The zero-order valence-corrected chi connectivity index (χ0v) is 19.1. The Kier molecular flexibility index (Phi) is 7.25. The lowest BCUT2D eigenvalue weighted by atomic mass is 10.1. The van der Waals surface area contributed by atoms with Crippen LogP contribution in [0.3, 0.4) is 0 Å². The van der Waals surface area contributed by atoms with E-state index in [1.807, 2.05) is 24.3 Å². The average molecular weight is 465 g/mol. The van der Waals surface area contributed by atoms with Crippen LogP contribution in [0, 0.1) is 11.7 Å². The Hall–Kier alpha value is -3.68. The number of anilines is 2. The molecule has 2 aromatic carbocycles. The molecule has 0 radical (unpaired) electrons. The van der Waals surface area contributed by atoms with Crippen LogP contribution in [0.1, 0.15) is 23.2 Å². The molecule has 0 atom stereocenters. The van der Waals surface area contributed by atoms with Crippen molar-refractivity contribution in [2.45, 2.75) is 12.8 Å². The normalized spacial score (nSPS) is 15.6. The van der Waals surface area contributed by atoms with Crippen molar-refractivity contribution in [1.29, 1.82) is 0 Å². The average Bonchev–Trinajstić information content (AvgIpc) is 3.69. The van der Waals surface area contributed by atoms with Gasteiger partial charge in [0.2, 0.25) is 11.8 Å². The highest BCUT2D eigenvalue weighted by Gasteiger charge is 2.33. The number of hydrogen-bond acceptors (Lipinski definition) is 4. The molecule has 0 unspecified atom stereocenters. The third kappa shape index (κ3) is 5.62. The summed E-state index contributed by atoms with van der Waals surface area (Å²) in [6.45, 7) is 6.29. The SMILES string of the molecule is C=CCN(CC(=O)Nc1ccc(N2CCN(C(=O)c3ccccc3F)CC2)cc1)C(=O)C1CC1. The molecule has 1 heterocycles. The van der Waals surface area contributed by atoms with Crippen LogP contribution in [0.4, 0.5) is 15.8 Å². The zero-order chi connectivity index (χ0) is 24.1. The molecule has 2 aliphatic rings. The Bertz CT molecular complexity index is 1060. The van der Waals surface area contributed by atoms with Gasteiger partial charge in [0.15, 0.2) is 0 Å². The molecule has 0 spiro atoms. The van der Waals surface area contributed by atoms with Crippen molar-refractivity contribution in [3.63, 3.8) is 0 Å². The molecule has 34 heavy (non-hydrogen) atoms. The predicted octanol–water partition coefficient (Wildman–Crippen LogP) is 3.15. The number of carbonyl (C=O) groups excluding carboxylic acids is 3. The first-order valence-electron chi connectivity index (χ1n) is 11.5. The minimum absolute atomic E-state index is 0.00109. The maximum atomic E-state index is 13.9. The Morgan fingerprint density at radius 1 is 1.03 bits per heavy atom. The molecular weight excluding hydrogens is 435 g/mol. The molecule has 2 aromatic rings. The summed E-state index contributed by atoms with van der Waals surface area (Å²) < 4.78 is 13.9. The minimum atomic E-state index is -0.503. The van der Waals surface area contributed by atoms with Crippen molar-refractivity contribution in [3.05, 3.63) is 72.6 Å². The van der Waals surface area contributed by atoms with Crippen LogP contribution < -0.4 is 10.2 Å². The summed E-state index contributed by atoms with van der Waals surface area (Å²) in [7, 11) is 0. The van der Waals surface area contributed by atoms with E-state index in [-0.39, 0.29) is 35.7 Å². The van der Waals surface area contributed by atoms with Crippen LogP contribution in [0.5, 0.6) is 0 Å². The van der Waals surface area contributed by atoms with E-state index in [4.69, 9.17) is 0 Å². The number of nitrogens with zero attached hydrogens (tertiary/aromatic N) is 3. The maximum Gasteiger partial charge on any atom is 0.256 e. The summed E-state index contributed by atoms with van der Waals surface area (Å²) in [6.07, 6.45) is 3.41. The molecule has 2 fully saturated rings. The molecule has 4 rings (SSSR count). The van der Waals surface area contributed by atoms with Gasteiger partial charge in [-0.15, -0.1) is 6.58 Å². The maximum absolute atomic E-state index is 13.9. The summed E-state index contributed by atoms with van der Waals surface area (Å²) in [5, 5.41) is 2.85. The largest absolute Gasteiger partial charge is 0.368 e. The molecular formula is C26H29FN4O3. The third-order valence-electron chi connectivity index (χ3n) is 6.11. The van der Waals surface area contributed by atoms with E-state index in [1.54, 1.807) is 23.1 Å². The highest BCUT2D eigenvalue weighted by Crippen LogP contribution is 2.31. The number of piperazine rings is 1. The van der Waals surface area contributed by atoms with Crippen molar-refractivity contribution < 1.29 is 18.8 Å². The van der Waals surface area contributed by atoms with Crippen LogP contribution in [-0.4, -0.2) is 66.8 Å². The van der Waals surface area contributed by atoms with Crippen molar-refractivity contribution in [2.75, 3.05) is 49.5 Å². The first kappa shape index (κ1) is 23.5. The van der Waals surface area contributed by atoms with Crippen LogP contribution >= 0.6 is 0 Å². The number of amides is 3. The number of rotatable bonds is 8. The molecule has 1 N–H and O–H groups in total. The van der Waals surface area contributed by atoms with Gasteiger partial charge in [-0.25, -0.2) is 4.39 Å². The molecule has 0 bridgehead atoms. The number of nitrogens with one attached hydrogen (secondary N) is 1. The van der Waals surface area contributed by atoms with Crippen molar-refractivity contribution in [2.24, 2.45) is 5.92 Å². The minimum Gasteiger partial charge on any atom is -0.368 e. The van der Waals surface area contributed by atoms with Gasteiger partial charge in [0, 0.05) is 50.0 Å². The molecule has 1 saturated carbocycles. The van der Waals surface area contributed by atoms with Crippen LogP contribution in [0.25, 0.3) is 0 Å². The van der Waals surface area contributed by atoms with Crippen LogP contribution in [0.2, 0.25) is 0 Å². The Balaban J connectivity index is 1.28. The van der Waals surface area contributed by atoms with Gasteiger partial charge in [-0.2, -0.15) is 0 Å². The van der Waals surface area contributed by atoms with Gasteiger partial charge in [0.05, 0.1) is 5.56 Å². The summed E-state index contributed by atoms with van der Waals surface area (Å²) in [6, 6.07) is 13.5. The predicted molar refractivity (Wildman–Crippen MR) is 129 cm³/mol. The monoisotopic (exact) mass is 464 g/mol. The fourth-order valence-electron chi connectivity index (χ4n) is 4.08. The van der Waals surface area contributed by atoms with Gasteiger partial charge < -0.3 is 20.0 Å². The van der Waals surface area contributed by atoms with Crippen molar-refractivity contribution >= 4 is 29.1 Å². The second kappa shape index (κ2) is 10.5. The first-order chi connectivity index (χ1) is 16.5. The van der Waals surface area contributed by atoms with Gasteiger partial charge in [-0.05, 0) is 49.2 Å². The van der Waals surface area contributed by atoms with Gasteiger partial charge in [-0.3, -0.25) is 14.4 Å². The number of halogens is 1. The Morgan fingerprint density at radius 3 is 2.32 bits per heavy atom. The quantitative estimate of drug-likeness (QED) is 0.610. The summed E-state index contributed by atoms with van der Waals surface area (Å²) >= 11 is 0. The van der Waals surface area contributed by atoms with Crippen molar-refractivity contribution in [1.82, 2.24) is 9.80 Å². The smallest absolute Gasteiger partial charge is 0.256 e. The van der Waals surface area contributed by atoms with Gasteiger partial charge in [-0.1, -0.05) is 18.2 Å². The summed E-state index contributed by atoms with van der Waals surface area (Å²) in [4.78, 5) is 42.7. The second-order valence-electron chi connectivity index (χ2n) is 8.64. The number of carbonyl (C=O) groups is 3. The van der Waals surface area contributed by atoms with Gasteiger partial charge >= 0.3 is 0 Å². The van der Waals surface area contributed by atoms with E-state index in [0.29, 0.717) is 38.4 Å². The highest BCUT2D eigenvalue weighted by molar-refractivity contribution is 5.95. The topological polar surface area (TPSA) is 73.0 Å². The molecule has 1 aliphatic carbocycles. The standard InChI is InChI=1S/C26H29FN4O3/c1-2-13-31(25(33)19-7-8-19)18-24(32)28-20-9-11-21(12-10-20)29-14-16-30(17-15-29)26(34)22-5-3-4-6-23(22)27/h2-6,9-12,19H,1,7-8,13-18H2,(H,28,32). The molecule has 178 valence electrons. The Labute approximate surface area is 198 Å². The lowest BCUT2D eigenvalue weighted by Crippen LogP contribution is -2.49. The summed E-state index contributed by atoms with van der Waals surface area (Å²) in [5.74, 6) is -0.977. The van der Waals surface area contributed by atoms with E-state index in [0.717, 1.165) is 18.5 Å². The molecule has 1 saturated heterocycles. The fraction of sp³-hybridized carbons (Fsp3) is 0.346. The number of benzene rings is 2. The highest BCUT2D eigenvalue weighted by atomic mass is 19.1. The third-order valence-corrected chi connectivity index (χ3v) is 6.11. The van der Waals surface area contributed by atoms with Crippen LogP contribution in [-0.2, 0) is 9.59 Å². The first-order valence-corrected chi connectivity index (χ1v) is 11.5. The van der Waals surface area contributed by atoms with E-state index in [9.17, 15) is 18.8 Å². The zero-order valence-electron chi connectivity index (χ0n) is 19.1. The number of hydrogen-bond donors (Lipinski definition) is 1. The van der Waals surface area contributed by atoms with E-state index < -0.39 is 5.82 Å². The van der Waals surface area contributed by atoms with Gasteiger partial charge in [0.25, 0.3) is 5.91 Å². The molecule has 7 nitrogen and oxygen atoms in total. The molecule has 3 amide bonds. The van der Waals surface area contributed by atoms with Crippen LogP contribution in [0.15, 0.2) is 61.2 Å². The molecule has 8 heteroatoms. The van der Waals surface area contributed by atoms with Crippen molar-refractivity contribution in [3.8, 4) is 0 Å². The Morgan fingerprint density at radius 2 is 1.71 bits per heavy atom. The van der Waals surface area contributed by atoms with Gasteiger partial charge in [0.1, 0.15) is 12.4 Å². The fourth-order valence-corrected chi connectivity index (χ4v) is 4.08. The lowest BCUT2D eigenvalue weighted by molar-refractivity contribution is -0.135.